The van der Waals surface area contributed by atoms with Gasteiger partial charge in [0.15, 0.2) is 5.76 Å². The van der Waals surface area contributed by atoms with E-state index in [1.807, 2.05) is 0 Å². The second-order valence-electron chi connectivity index (χ2n) is 5.95. The summed E-state index contributed by atoms with van der Waals surface area (Å²) < 4.78 is 28.6. The lowest BCUT2D eigenvalue weighted by molar-refractivity contribution is 0.0602. The minimum Gasteiger partial charge on any atom is -0.486 e. The van der Waals surface area contributed by atoms with Crippen LogP contribution in [0.1, 0.15) is 32.2 Å². The zero-order valence-electron chi connectivity index (χ0n) is 15.3. The second kappa shape index (κ2) is 8.39. The highest BCUT2D eigenvalue weighted by atomic mass is 19.1. The number of carbonyl (C=O) groups excluding carboxylic acids is 2. The summed E-state index contributed by atoms with van der Waals surface area (Å²) in [4.78, 5) is 24.4. The summed E-state index contributed by atoms with van der Waals surface area (Å²) >= 11 is 0. The molecule has 0 aliphatic heterocycles. The minimum atomic E-state index is -0.549. The molecule has 2 aromatic carbocycles. The lowest BCUT2D eigenvalue weighted by Gasteiger charge is -2.11. The molecule has 0 aliphatic rings. The smallest absolute Gasteiger partial charge is 0.339 e. The maximum Gasteiger partial charge on any atom is 0.339 e. The zero-order chi connectivity index (χ0) is 20.1. The predicted octanol–water partition coefficient (Wildman–Crippen LogP) is 4.35. The highest BCUT2D eigenvalue weighted by Gasteiger charge is 2.18. The number of furan rings is 1. The van der Waals surface area contributed by atoms with Gasteiger partial charge in [-0.2, -0.15) is 0 Å². The molecule has 0 fully saturated rings. The largest absolute Gasteiger partial charge is 0.486 e. The van der Waals surface area contributed by atoms with E-state index in [9.17, 15) is 14.0 Å². The number of hydrogen-bond acceptors (Lipinski definition) is 5. The Hall–Kier alpha value is -3.61. The van der Waals surface area contributed by atoms with Gasteiger partial charge in [-0.05, 0) is 55.0 Å². The quantitative estimate of drug-likeness (QED) is 0.641. The standard InChI is InChI=1S/C21H18FNO5/c1-13-4-3-5-17(21(25)26-2)19(13)23-20(24)18-11-10-16(28-18)12-27-15-8-6-14(22)7-9-15/h3-11H,12H2,1-2H3,(H,23,24). The van der Waals surface area contributed by atoms with Crippen molar-refractivity contribution in [2.75, 3.05) is 12.4 Å². The molecule has 7 heteroatoms. The number of hydrogen-bond donors (Lipinski definition) is 1. The van der Waals surface area contributed by atoms with Crippen LogP contribution in [0.25, 0.3) is 0 Å². The zero-order valence-corrected chi connectivity index (χ0v) is 15.3. The van der Waals surface area contributed by atoms with Crippen LogP contribution < -0.4 is 10.1 Å². The van der Waals surface area contributed by atoms with E-state index in [4.69, 9.17) is 13.9 Å². The molecule has 0 radical (unpaired) electrons. The number of carbonyl (C=O) groups is 2. The number of halogens is 1. The molecule has 3 aromatic rings. The van der Waals surface area contributed by atoms with Gasteiger partial charge < -0.3 is 19.2 Å². The fourth-order valence-electron chi connectivity index (χ4n) is 2.55. The fourth-order valence-corrected chi connectivity index (χ4v) is 2.55. The van der Waals surface area contributed by atoms with Crippen molar-refractivity contribution in [1.29, 1.82) is 0 Å². The van der Waals surface area contributed by atoms with Crippen molar-refractivity contribution in [2.24, 2.45) is 0 Å². The normalized spacial score (nSPS) is 10.4. The van der Waals surface area contributed by atoms with Crippen LogP contribution in [0.5, 0.6) is 5.75 Å². The molecule has 0 aliphatic carbocycles. The van der Waals surface area contributed by atoms with Gasteiger partial charge in [0.05, 0.1) is 18.4 Å². The maximum absolute atomic E-state index is 12.9. The molecular formula is C21H18FNO5. The molecule has 0 bridgehead atoms. The average molecular weight is 383 g/mol. The van der Waals surface area contributed by atoms with Crippen molar-refractivity contribution in [3.63, 3.8) is 0 Å². The van der Waals surface area contributed by atoms with E-state index in [-0.39, 0.29) is 23.7 Å². The molecule has 1 amide bonds. The Kier molecular flexibility index (Phi) is 5.74. The Labute approximate surface area is 160 Å². The van der Waals surface area contributed by atoms with Crippen LogP contribution in [-0.2, 0) is 11.3 Å². The number of aryl methyl sites for hydroxylation is 1. The molecule has 0 saturated carbocycles. The van der Waals surface area contributed by atoms with E-state index in [1.165, 1.54) is 37.4 Å². The number of methoxy groups -OCH3 is 1. The first-order valence-electron chi connectivity index (χ1n) is 8.44. The molecule has 0 saturated heterocycles. The number of rotatable bonds is 6. The predicted molar refractivity (Wildman–Crippen MR) is 99.9 cm³/mol. The van der Waals surface area contributed by atoms with Gasteiger partial charge in [-0.1, -0.05) is 12.1 Å². The van der Waals surface area contributed by atoms with Crippen LogP contribution in [0.4, 0.5) is 10.1 Å². The van der Waals surface area contributed by atoms with E-state index < -0.39 is 11.9 Å². The van der Waals surface area contributed by atoms with Gasteiger partial charge in [-0.3, -0.25) is 4.79 Å². The molecule has 1 heterocycles. The van der Waals surface area contributed by atoms with Crippen molar-refractivity contribution in [1.82, 2.24) is 0 Å². The highest BCUT2D eigenvalue weighted by Crippen LogP contribution is 2.23. The van der Waals surface area contributed by atoms with Gasteiger partial charge in [0.1, 0.15) is 23.9 Å². The molecular weight excluding hydrogens is 365 g/mol. The first kappa shape index (κ1) is 19.2. The maximum atomic E-state index is 12.9. The first-order valence-corrected chi connectivity index (χ1v) is 8.44. The Morgan fingerprint density at radius 3 is 2.54 bits per heavy atom. The van der Waals surface area contributed by atoms with Crippen molar-refractivity contribution in [3.8, 4) is 5.75 Å². The summed E-state index contributed by atoms with van der Waals surface area (Å²) in [5.41, 5.74) is 1.32. The fraction of sp³-hybridized carbons (Fsp3) is 0.143. The first-order chi connectivity index (χ1) is 13.5. The molecule has 6 nitrogen and oxygen atoms in total. The van der Waals surface area contributed by atoms with Crippen LogP contribution in [0, 0.1) is 12.7 Å². The van der Waals surface area contributed by atoms with Crippen molar-refractivity contribution in [2.45, 2.75) is 13.5 Å². The molecule has 144 valence electrons. The van der Waals surface area contributed by atoms with E-state index in [2.05, 4.69) is 5.32 Å². The second-order valence-corrected chi connectivity index (χ2v) is 5.95. The summed E-state index contributed by atoms with van der Waals surface area (Å²) in [7, 11) is 1.27. The number of para-hydroxylation sites is 1. The van der Waals surface area contributed by atoms with Crippen LogP contribution in [0.2, 0.25) is 0 Å². The van der Waals surface area contributed by atoms with Crippen molar-refractivity contribution in [3.05, 3.63) is 83.1 Å². The lowest BCUT2D eigenvalue weighted by Crippen LogP contribution is -2.16. The molecule has 0 spiro atoms. The number of nitrogens with one attached hydrogen (secondary N) is 1. The topological polar surface area (TPSA) is 77.8 Å². The SMILES string of the molecule is COC(=O)c1cccc(C)c1NC(=O)c1ccc(COc2ccc(F)cc2)o1. The average Bonchev–Trinajstić information content (AvgIpc) is 3.17. The summed E-state index contributed by atoms with van der Waals surface area (Å²) in [5, 5.41) is 2.69. The summed E-state index contributed by atoms with van der Waals surface area (Å²) in [6, 6.07) is 13.7. The highest BCUT2D eigenvalue weighted by molar-refractivity contribution is 6.07. The van der Waals surface area contributed by atoms with Gasteiger partial charge in [0.25, 0.3) is 5.91 Å². The lowest BCUT2D eigenvalue weighted by atomic mass is 10.1. The number of amides is 1. The number of ether oxygens (including phenoxy) is 2. The van der Waals surface area contributed by atoms with Gasteiger partial charge >= 0.3 is 5.97 Å². The summed E-state index contributed by atoms with van der Waals surface area (Å²) in [6.45, 7) is 1.85. The Morgan fingerprint density at radius 2 is 1.82 bits per heavy atom. The van der Waals surface area contributed by atoms with Gasteiger partial charge in [0, 0.05) is 0 Å². The summed E-state index contributed by atoms with van der Waals surface area (Å²) in [6.07, 6.45) is 0. The van der Waals surface area contributed by atoms with Crippen molar-refractivity contribution < 1.29 is 27.9 Å². The van der Waals surface area contributed by atoms with Gasteiger partial charge in [0.2, 0.25) is 0 Å². The minimum absolute atomic E-state index is 0.0665. The third kappa shape index (κ3) is 4.37. The van der Waals surface area contributed by atoms with E-state index in [0.29, 0.717) is 22.8 Å². The van der Waals surface area contributed by atoms with E-state index in [0.717, 1.165) is 0 Å². The van der Waals surface area contributed by atoms with Crippen LogP contribution in [0.3, 0.4) is 0 Å². The summed E-state index contributed by atoms with van der Waals surface area (Å²) in [5.74, 6) is -0.443. The van der Waals surface area contributed by atoms with Crippen LogP contribution in [-0.4, -0.2) is 19.0 Å². The Bertz CT molecular complexity index is 994. The van der Waals surface area contributed by atoms with Crippen LogP contribution in [0.15, 0.2) is 59.0 Å². The molecule has 3 rings (SSSR count). The molecule has 0 atom stereocenters. The molecule has 28 heavy (non-hydrogen) atoms. The number of anilines is 1. The Balaban J connectivity index is 1.69. The molecule has 1 N–H and O–H groups in total. The number of benzene rings is 2. The molecule has 1 aromatic heterocycles. The monoisotopic (exact) mass is 383 g/mol. The Morgan fingerprint density at radius 1 is 1.07 bits per heavy atom. The third-order valence-electron chi connectivity index (χ3n) is 4.00. The van der Waals surface area contributed by atoms with Crippen molar-refractivity contribution >= 4 is 17.6 Å². The number of esters is 1. The van der Waals surface area contributed by atoms with E-state index in [1.54, 1.807) is 31.2 Å². The third-order valence-corrected chi connectivity index (χ3v) is 4.00. The molecule has 0 unspecified atom stereocenters. The van der Waals surface area contributed by atoms with Gasteiger partial charge in [-0.15, -0.1) is 0 Å². The van der Waals surface area contributed by atoms with Gasteiger partial charge in [-0.25, -0.2) is 9.18 Å². The van der Waals surface area contributed by atoms with Crippen LogP contribution >= 0.6 is 0 Å². The van der Waals surface area contributed by atoms with E-state index >= 15 is 0 Å².